The third-order valence-corrected chi connectivity index (χ3v) is 2.76. The molecule has 0 radical (unpaired) electrons. The van der Waals surface area contributed by atoms with Crippen LogP contribution < -0.4 is 0 Å². The molecule has 0 aromatic carbocycles. The van der Waals surface area contributed by atoms with Gasteiger partial charge in [0.25, 0.3) is 0 Å². The average Bonchev–Trinajstić information content (AvgIpc) is 2.04. The first-order valence-corrected chi connectivity index (χ1v) is 4.52. The quantitative estimate of drug-likeness (QED) is 0.643. The van der Waals surface area contributed by atoms with Crippen molar-refractivity contribution in [1.29, 1.82) is 0 Å². The van der Waals surface area contributed by atoms with Gasteiger partial charge < -0.3 is 5.11 Å². The summed E-state index contributed by atoms with van der Waals surface area (Å²) in [6.45, 7) is 3.85. The first-order chi connectivity index (χ1) is 5.63. The monoisotopic (exact) mass is 168 g/mol. The lowest BCUT2D eigenvalue weighted by Crippen LogP contribution is -2.23. The molecule has 1 rings (SSSR count). The summed E-state index contributed by atoms with van der Waals surface area (Å²) >= 11 is 0. The Hall–Kier alpha value is -0.790. The Morgan fingerprint density at radius 3 is 2.92 bits per heavy atom. The van der Waals surface area contributed by atoms with E-state index in [4.69, 9.17) is 5.11 Å². The Balaban J connectivity index is 2.67. The number of hydrogen-bond acceptors (Lipinski definition) is 1. The highest BCUT2D eigenvalue weighted by atomic mass is 16.4. The van der Waals surface area contributed by atoms with Gasteiger partial charge in [-0.05, 0) is 32.1 Å². The van der Waals surface area contributed by atoms with Gasteiger partial charge in [-0.2, -0.15) is 0 Å². The average molecular weight is 168 g/mol. The van der Waals surface area contributed by atoms with E-state index in [2.05, 4.69) is 6.08 Å². The van der Waals surface area contributed by atoms with Crippen molar-refractivity contribution in [2.45, 2.75) is 33.1 Å². The van der Waals surface area contributed by atoms with E-state index in [1.807, 2.05) is 6.92 Å². The van der Waals surface area contributed by atoms with Crippen LogP contribution in [0, 0.1) is 11.8 Å². The number of aliphatic carboxylic acids is 1. The second kappa shape index (κ2) is 3.74. The van der Waals surface area contributed by atoms with E-state index in [1.165, 1.54) is 5.57 Å². The summed E-state index contributed by atoms with van der Waals surface area (Å²) in [6.07, 6.45) is 5.47. The van der Waals surface area contributed by atoms with Crippen molar-refractivity contribution in [2.75, 3.05) is 0 Å². The molecule has 0 fully saturated rings. The Morgan fingerprint density at radius 2 is 2.42 bits per heavy atom. The minimum atomic E-state index is -0.672. The summed E-state index contributed by atoms with van der Waals surface area (Å²) in [5, 5.41) is 8.82. The summed E-state index contributed by atoms with van der Waals surface area (Å²) in [5.41, 5.74) is 1.26. The van der Waals surface area contributed by atoms with Crippen LogP contribution in [0.2, 0.25) is 0 Å². The highest BCUT2D eigenvalue weighted by molar-refractivity contribution is 5.70. The Kier molecular flexibility index (Phi) is 2.90. The molecule has 0 amide bonds. The van der Waals surface area contributed by atoms with Crippen LogP contribution in [0.15, 0.2) is 11.6 Å². The van der Waals surface area contributed by atoms with E-state index < -0.39 is 5.97 Å². The van der Waals surface area contributed by atoms with Gasteiger partial charge in [-0.1, -0.05) is 18.6 Å². The number of carboxylic acids is 1. The SMILES string of the molecule is CC1=CCCCC1C(C)C(=O)O. The van der Waals surface area contributed by atoms with Gasteiger partial charge in [0.2, 0.25) is 0 Å². The molecule has 2 atom stereocenters. The van der Waals surface area contributed by atoms with Crippen molar-refractivity contribution in [3.63, 3.8) is 0 Å². The van der Waals surface area contributed by atoms with Gasteiger partial charge in [0.15, 0.2) is 0 Å². The molecule has 2 unspecified atom stereocenters. The number of carbonyl (C=O) groups is 1. The predicted molar refractivity (Wildman–Crippen MR) is 47.9 cm³/mol. The van der Waals surface area contributed by atoms with Gasteiger partial charge in [0, 0.05) is 0 Å². The molecule has 1 aliphatic carbocycles. The van der Waals surface area contributed by atoms with Crippen molar-refractivity contribution in [3.05, 3.63) is 11.6 Å². The smallest absolute Gasteiger partial charge is 0.306 e. The third kappa shape index (κ3) is 1.87. The molecule has 12 heavy (non-hydrogen) atoms. The highest BCUT2D eigenvalue weighted by Gasteiger charge is 2.25. The van der Waals surface area contributed by atoms with Gasteiger partial charge in [0.05, 0.1) is 5.92 Å². The fourth-order valence-corrected chi connectivity index (χ4v) is 1.86. The van der Waals surface area contributed by atoms with Crippen LogP contribution in [0.4, 0.5) is 0 Å². The zero-order valence-corrected chi connectivity index (χ0v) is 7.71. The van der Waals surface area contributed by atoms with E-state index in [0.717, 1.165) is 19.3 Å². The molecule has 0 aromatic heterocycles. The second-order valence-corrected chi connectivity index (χ2v) is 3.61. The molecule has 0 saturated heterocycles. The molecule has 0 bridgehead atoms. The minimum absolute atomic E-state index is 0.221. The van der Waals surface area contributed by atoms with Crippen LogP contribution in [-0.4, -0.2) is 11.1 Å². The molecule has 2 nitrogen and oxygen atoms in total. The maximum atomic E-state index is 10.7. The number of hydrogen-bond donors (Lipinski definition) is 1. The maximum Gasteiger partial charge on any atom is 0.306 e. The minimum Gasteiger partial charge on any atom is -0.481 e. The standard InChI is InChI=1S/C10H16O2/c1-7-5-3-4-6-9(7)8(2)10(11)12/h5,8-9H,3-4,6H2,1-2H3,(H,11,12). The van der Waals surface area contributed by atoms with Gasteiger partial charge in [0.1, 0.15) is 0 Å². The van der Waals surface area contributed by atoms with Crippen molar-refractivity contribution in [2.24, 2.45) is 11.8 Å². The zero-order chi connectivity index (χ0) is 9.14. The predicted octanol–water partition coefficient (Wildman–Crippen LogP) is 2.45. The van der Waals surface area contributed by atoms with Crippen LogP contribution in [0.3, 0.4) is 0 Å². The fourth-order valence-electron chi connectivity index (χ4n) is 1.86. The van der Waals surface area contributed by atoms with Crippen LogP contribution in [-0.2, 0) is 4.79 Å². The molecule has 0 aromatic rings. The van der Waals surface area contributed by atoms with E-state index in [0.29, 0.717) is 0 Å². The van der Waals surface area contributed by atoms with Crippen LogP contribution in [0.5, 0.6) is 0 Å². The summed E-state index contributed by atoms with van der Waals surface area (Å²) in [6, 6.07) is 0. The van der Waals surface area contributed by atoms with Crippen molar-refractivity contribution < 1.29 is 9.90 Å². The van der Waals surface area contributed by atoms with E-state index in [1.54, 1.807) is 6.92 Å². The highest BCUT2D eigenvalue weighted by Crippen LogP contribution is 2.30. The van der Waals surface area contributed by atoms with Crippen molar-refractivity contribution in [1.82, 2.24) is 0 Å². The second-order valence-electron chi connectivity index (χ2n) is 3.61. The molecule has 0 heterocycles. The largest absolute Gasteiger partial charge is 0.481 e. The van der Waals surface area contributed by atoms with Gasteiger partial charge in [-0.25, -0.2) is 0 Å². The normalized spacial score (nSPS) is 26.2. The third-order valence-electron chi connectivity index (χ3n) is 2.76. The molecule has 68 valence electrons. The molecule has 2 heteroatoms. The summed E-state index contributed by atoms with van der Waals surface area (Å²) < 4.78 is 0. The summed E-state index contributed by atoms with van der Waals surface area (Å²) in [4.78, 5) is 10.7. The Bertz CT molecular complexity index is 206. The van der Waals surface area contributed by atoms with Crippen LogP contribution >= 0.6 is 0 Å². The van der Waals surface area contributed by atoms with E-state index in [9.17, 15) is 4.79 Å². The van der Waals surface area contributed by atoms with Gasteiger partial charge >= 0.3 is 5.97 Å². The molecule has 1 aliphatic rings. The van der Waals surface area contributed by atoms with Gasteiger partial charge in [-0.15, -0.1) is 0 Å². The van der Waals surface area contributed by atoms with Crippen LogP contribution in [0.1, 0.15) is 33.1 Å². The topological polar surface area (TPSA) is 37.3 Å². The lowest BCUT2D eigenvalue weighted by atomic mass is 9.80. The van der Waals surface area contributed by atoms with E-state index >= 15 is 0 Å². The van der Waals surface area contributed by atoms with Crippen LogP contribution in [0.25, 0.3) is 0 Å². The number of allylic oxidation sites excluding steroid dienone is 2. The number of carboxylic acid groups (broad SMARTS) is 1. The maximum absolute atomic E-state index is 10.7. The molecular formula is C10H16O2. The molecule has 0 spiro atoms. The molecule has 0 aliphatic heterocycles. The zero-order valence-electron chi connectivity index (χ0n) is 7.71. The van der Waals surface area contributed by atoms with Gasteiger partial charge in [-0.3, -0.25) is 4.79 Å². The Labute approximate surface area is 73.3 Å². The summed E-state index contributed by atoms with van der Waals surface area (Å²) in [7, 11) is 0. The first kappa shape index (κ1) is 9.30. The van der Waals surface area contributed by atoms with E-state index in [-0.39, 0.29) is 11.8 Å². The Morgan fingerprint density at radius 1 is 1.75 bits per heavy atom. The van der Waals surface area contributed by atoms with Crippen molar-refractivity contribution in [3.8, 4) is 0 Å². The molecule has 0 saturated carbocycles. The fraction of sp³-hybridized carbons (Fsp3) is 0.700. The lowest BCUT2D eigenvalue weighted by molar-refractivity contribution is -0.142. The summed E-state index contributed by atoms with van der Waals surface area (Å²) in [5.74, 6) is -0.618. The first-order valence-electron chi connectivity index (χ1n) is 4.52. The molecule has 1 N–H and O–H groups in total. The van der Waals surface area contributed by atoms with Crippen molar-refractivity contribution >= 4 is 5.97 Å². The lowest BCUT2D eigenvalue weighted by Gasteiger charge is -2.25. The number of rotatable bonds is 2. The molecular weight excluding hydrogens is 152 g/mol.